The molecule has 1 rings (SSSR count). The molecular formula is C13H20ClNO. The van der Waals surface area contributed by atoms with Gasteiger partial charge in [-0.1, -0.05) is 25.4 Å². The van der Waals surface area contributed by atoms with Crippen molar-refractivity contribution in [1.82, 2.24) is 5.32 Å². The van der Waals surface area contributed by atoms with Crippen LogP contribution in [-0.2, 0) is 0 Å². The number of hydrogen-bond donors (Lipinski definition) is 2. The fraction of sp³-hybridized carbons (Fsp3) is 0.538. The van der Waals surface area contributed by atoms with Gasteiger partial charge in [0.2, 0.25) is 0 Å². The van der Waals surface area contributed by atoms with E-state index in [9.17, 15) is 5.11 Å². The molecule has 2 nitrogen and oxygen atoms in total. The van der Waals surface area contributed by atoms with Crippen LogP contribution in [0.4, 0.5) is 0 Å². The summed E-state index contributed by atoms with van der Waals surface area (Å²) < 4.78 is 0. The highest BCUT2D eigenvalue weighted by atomic mass is 35.5. The summed E-state index contributed by atoms with van der Waals surface area (Å²) in [5.41, 5.74) is 0.847. The van der Waals surface area contributed by atoms with Crippen molar-refractivity contribution in [2.45, 2.75) is 39.8 Å². The van der Waals surface area contributed by atoms with Crippen molar-refractivity contribution >= 4 is 11.6 Å². The summed E-state index contributed by atoms with van der Waals surface area (Å²) in [5, 5.41) is 13.9. The molecule has 0 fully saturated rings. The standard InChI is InChI=1S/C13H20ClNO/c1-8(2)9(3)15-10(4)12-7-11(14)5-6-13(12)16/h5-10,15-16H,1-4H3. The van der Waals surface area contributed by atoms with Crippen LogP contribution in [0.25, 0.3) is 0 Å². The molecule has 0 bridgehead atoms. The number of rotatable bonds is 4. The molecule has 0 aromatic heterocycles. The molecule has 0 amide bonds. The first-order valence-electron chi connectivity index (χ1n) is 5.66. The Kier molecular flexibility index (Phi) is 4.63. The Labute approximate surface area is 103 Å². The third-order valence-corrected chi connectivity index (χ3v) is 3.20. The number of hydrogen-bond acceptors (Lipinski definition) is 2. The van der Waals surface area contributed by atoms with Crippen molar-refractivity contribution in [3.8, 4) is 5.75 Å². The summed E-state index contributed by atoms with van der Waals surface area (Å²) in [6.45, 7) is 8.51. The second kappa shape index (κ2) is 5.55. The molecule has 0 aliphatic carbocycles. The van der Waals surface area contributed by atoms with E-state index in [1.54, 1.807) is 12.1 Å². The van der Waals surface area contributed by atoms with E-state index in [0.717, 1.165) is 5.56 Å². The molecule has 0 heterocycles. The predicted molar refractivity (Wildman–Crippen MR) is 69.0 cm³/mol. The maximum Gasteiger partial charge on any atom is 0.120 e. The minimum absolute atomic E-state index is 0.0936. The molecule has 2 atom stereocenters. The third-order valence-electron chi connectivity index (χ3n) is 2.97. The van der Waals surface area contributed by atoms with E-state index in [1.807, 2.05) is 13.0 Å². The van der Waals surface area contributed by atoms with Crippen molar-refractivity contribution in [2.75, 3.05) is 0 Å². The van der Waals surface area contributed by atoms with Crippen molar-refractivity contribution in [2.24, 2.45) is 5.92 Å². The molecule has 2 N–H and O–H groups in total. The minimum atomic E-state index is 0.0936. The van der Waals surface area contributed by atoms with Gasteiger partial charge in [0.05, 0.1) is 0 Å². The van der Waals surface area contributed by atoms with E-state index >= 15 is 0 Å². The summed E-state index contributed by atoms with van der Waals surface area (Å²) in [4.78, 5) is 0. The third kappa shape index (κ3) is 3.39. The molecule has 0 saturated carbocycles. The summed E-state index contributed by atoms with van der Waals surface area (Å²) in [7, 11) is 0. The molecule has 2 unspecified atom stereocenters. The van der Waals surface area contributed by atoms with Crippen molar-refractivity contribution in [3.63, 3.8) is 0 Å². The van der Waals surface area contributed by atoms with Gasteiger partial charge in [0.15, 0.2) is 0 Å². The summed E-state index contributed by atoms with van der Waals surface area (Å²) in [6, 6.07) is 5.63. The van der Waals surface area contributed by atoms with E-state index < -0.39 is 0 Å². The lowest BCUT2D eigenvalue weighted by Gasteiger charge is -2.23. The fourth-order valence-corrected chi connectivity index (χ4v) is 1.73. The van der Waals surface area contributed by atoms with E-state index in [0.29, 0.717) is 22.7 Å². The van der Waals surface area contributed by atoms with Crippen LogP contribution in [0.2, 0.25) is 5.02 Å². The first-order valence-corrected chi connectivity index (χ1v) is 6.04. The largest absolute Gasteiger partial charge is 0.508 e. The van der Waals surface area contributed by atoms with Crippen LogP contribution in [0.3, 0.4) is 0 Å². The number of aromatic hydroxyl groups is 1. The van der Waals surface area contributed by atoms with Gasteiger partial charge in [-0.3, -0.25) is 0 Å². The molecule has 0 saturated heterocycles. The normalized spacial score (nSPS) is 15.1. The monoisotopic (exact) mass is 241 g/mol. The predicted octanol–water partition coefficient (Wildman–Crippen LogP) is 3.74. The van der Waals surface area contributed by atoms with Crippen molar-refractivity contribution in [3.05, 3.63) is 28.8 Å². The molecular weight excluding hydrogens is 222 g/mol. The molecule has 3 heteroatoms. The van der Waals surface area contributed by atoms with Crippen LogP contribution in [0.5, 0.6) is 5.75 Å². The molecule has 0 spiro atoms. The number of phenols is 1. The smallest absolute Gasteiger partial charge is 0.120 e. The summed E-state index contributed by atoms with van der Waals surface area (Å²) in [6.07, 6.45) is 0. The Morgan fingerprint density at radius 3 is 2.38 bits per heavy atom. The second-order valence-corrected chi connectivity index (χ2v) is 5.06. The molecule has 1 aromatic rings. The van der Waals surface area contributed by atoms with E-state index in [-0.39, 0.29) is 6.04 Å². The quantitative estimate of drug-likeness (QED) is 0.842. The van der Waals surface area contributed by atoms with Gasteiger partial charge >= 0.3 is 0 Å². The molecule has 0 radical (unpaired) electrons. The van der Waals surface area contributed by atoms with Crippen LogP contribution in [0.1, 0.15) is 39.3 Å². The zero-order valence-corrected chi connectivity index (χ0v) is 11.0. The Bertz CT molecular complexity index is 352. The van der Waals surface area contributed by atoms with Gasteiger partial charge in [-0.05, 0) is 38.0 Å². The Morgan fingerprint density at radius 1 is 1.19 bits per heavy atom. The van der Waals surface area contributed by atoms with Crippen LogP contribution in [0.15, 0.2) is 18.2 Å². The second-order valence-electron chi connectivity index (χ2n) is 4.62. The molecule has 0 aliphatic heterocycles. The number of phenolic OH excluding ortho intramolecular Hbond substituents is 1. The van der Waals surface area contributed by atoms with Crippen molar-refractivity contribution in [1.29, 1.82) is 0 Å². The van der Waals surface area contributed by atoms with Crippen LogP contribution < -0.4 is 5.32 Å². The van der Waals surface area contributed by atoms with Crippen molar-refractivity contribution < 1.29 is 5.11 Å². The van der Waals surface area contributed by atoms with E-state index in [1.165, 1.54) is 0 Å². The number of nitrogens with one attached hydrogen (secondary N) is 1. The lowest BCUT2D eigenvalue weighted by atomic mass is 10.0. The zero-order chi connectivity index (χ0) is 12.3. The van der Waals surface area contributed by atoms with Gasteiger partial charge in [-0.2, -0.15) is 0 Å². The van der Waals surface area contributed by atoms with Gasteiger partial charge in [0, 0.05) is 22.7 Å². The summed E-state index contributed by atoms with van der Waals surface area (Å²) >= 11 is 5.92. The Balaban J connectivity index is 2.80. The fourth-order valence-electron chi connectivity index (χ4n) is 1.55. The Hall–Kier alpha value is -0.730. The highest BCUT2D eigenvalue weighted by molar-refractivity contribution is 6.30. The SMILES string of the molecule is CC(NC(C)C(C)C)c1cc(Cl)ccc1O. The minimum Gasteiger partial charge on any atom is -0.508 e. The lowest BCUT2D eigenvalue weighted by molar-refractivity contribution is 0.379. The molecule has 90 valence electrons. The van der Waals surface area contributed by atoms with Crippen LogP contribution >= 0.6 is 11.6 Å². The van der Waals surface area contributed by atoms with E-state index in [4.69, 9.17) is 11.6 Å². The van der Waals surface area contributed by atoms with Crippen LogP contribution in [-0.4, -0.2) is 11.1 Å². The first kappa shape index (κ1) is 13.3. The lowest BCUT2D eigenvalue weighted by Crippen LogP contribution is -2.33. The molecule has 1 aromatic carbocycles. The van der Waals surface area contributed by atoms with E-state index in [2.05, 4.69) is 26.1 Å². The van der Waals surface area contributed by atoms with Crippen LogP contribution in [0, 0.1) is 5.92 Å². The number of halogens is 1. The average Bonchev–Trinajstić information content (AvgIpc) is 2.21. The Morgan fingerprint density at radius 2 is 1.81 bits per heavy atom. The maximum absolute atomic E-state index is 9.76. The zero-order valence-electron chi connectivity index (χ0n) is 10.3. The first-order chi connectivity index (χ1) is 7.41. The highest BCUT2D eigenvalue weighted by Crippen LogP contribution is 2.27. The van der Waals surface area contributed by atoms with Gasteiger partial charge in [-0.15, -0.1) is 0 Å². The average molecular weight is 242 g/mol. The van der Waals surface area contributed by atoms with Gasteiger partial charge < -0.3 is 10.4 Å². The summed E-state index contributed by atoms with van der Waals surface area (Å²) in [5.74, 6) is 0.851. The van der Waals surface area contributed by atoms with Gasteiger partial charge in [-0.25, -0.2) is 0 Å². The number of benzene rings is 1. The van der Waals surface area contributed by atoms with Gasteiger partial charge in [0.1, 0.15) is 5.75 Å². The maximum atomic E-state index is 9.76. The van der Waals surface area contributed by atoms with Gasteiger partial charge in [0.25, 0.3) is 0 Å². The highest BCUT2D eigenvalue weighted by Gasteiger charge is 2.15. The topological polar surface area (TPSA) is 32.3 Å². The molecule has 0 aliphatic rings. The molecule has 16 heavy (non-hydrogen) atoms.